The van der Waals surface area contributed by atoms with Crippen molar-refractivity contribution in [2.24, 2.45) is 0 Å². The summed E-state index contributed by atoms with van der Waals surface area (Å²) in [4.78, 5) is 23.8. The Morgan fingerprint density at radius 1 is 1.00 bits per heavy atom. The van der Waals surface area contributed by atoms with Crippen LogP contribution in [0.25, 0.3) is 6.08 Å². The number of hydrogen-bond donors (Lipinski definition) is 0. The Labute approximate surface area is 179 Å². The summed E-state index contributed by atoms with van der Waals surface area (Å²) in [5.41, 5.74) is 1.96. The molecule has 0 amide bonds. The summed E-state index contributed by atoms with van der Waals surface area (Å²) in [6, 6.07) is 18.8. The Balaban J connectivity index is 1.86. The number of rotatable bonds is 5. The molecule has 156 valence electrons. The van der Waals surface area contributed by atoms with E-state index in [9.17, 15) is 23.3 Å². The largest absolute Gasteiger partial charge is 0.289 e. The van der Waals surface area contributed by atoms with Crippen LogP contribution >= 0.6 is 0 Å². The number of benzene rings is 3. The molecule has 0 N–H and O–H groups in total. The minimum absolute atomic E-state index is 0.0795. The van der Waals surface area contributed by atoms with Crippen LogP contribution in [-0.4, -0.2) is 25.7 Å². The highest BCUT2D eigenvalue weighted by atomic mass is 32.2. The molecule has 0 bridgehead atoms. The van der Waals surface area contributed by atoms with Gasteiger partial charge in [0.1, 0.15) is 0 Å². The highest BCUT2D eigenvalue weighted by Gasteiger charge is 2.32. The number of sulfonamides is 1. The first-order chi connectivity index (χ1) is 14.8. The molecule has 0 aliphatic carbocycles. The molecule has 3 aromatic carbocycles. The Morgan fingerprint density at radius 2 is 1.68 bits per heavy atom. The van der Waals surface area contributed by atoms with Crippen molar-refractivity contribution in [3.8, 4) is 0 Å². The van der Waals surface area contributed by atoms with Gasteiger partial charge < -0.3 is 0 Å². The maximum Gasteiger partial charge on any atom is 0.270 e. The second-order valence-electron chi connectivity index (χ2n) is 7.19. The zero-order valence-electron chi connectivity index (χ0n) is 16.6. The maximum atomic E-state index is 13.4. The third kappa shape index (κ3) is 3.85. The molecule has 0 saturated heterocycles. The monoisotopic (exact) mass is 434 g/mol. The van der Waals surface area contributed by atoms with Gasteiger partial charge in [-0.05, 0) is 31.2 Å². The van der Waals surface area contributed by atoms with Crippen LogP contribution in [0.2, 0.25) is 0 Å². The highest BCUT2D eigenvalue weighted by molar-refractivity contribution is 7.92. The number of ketones is 1. The lowest BCUT2D eigenvalue weighted by Crippen LogP contribution is -2.36. The van der Waals surface area contributed by atoms with E-state index in [4.69, 9.17) is 0 Å². The molecule has 3 aromatic rings. The Morgan fingerprint density at radius 3 is 2.32 bits per heavy atom. The minimum atomic E-state index is -4.00. The number of aryl methyl sites for hydroxylation is 1. The maximum absolute atomic E-state index is 13.4. The van der Waals surface area contributed by atoms with Gasteiger partial charge in [-0.15, -0.1) is 0 Å². The summed E-state index contributed by atoms with van der Waals surface area (Å²) in [5, 5.41) is 11.2. The van der Waals surface area contributed by atoms with Crippen molar-refractivity contribution < 1.29 is 18.1 Å². The Bertz CT molecular complexity index is 1310. The van der Waals surface area contributed by atoms with Gasteiger partial charge in [0.15, 0.2) is 5.78 Å². The molecule has 4 rings (SSSR count). The second kappa shape index (κ2) is 7.81. The van der Waals surface area contributed by atoms with Gasteiger partial charge in [-0.1, -0.05) is 48.0 Å². The zero-order valence-corrected chi connectivity index (χ0v) is 17.4. The van der Waals surface area contributed by atoms with Crippen molar-refractivity contribution in [1.29, 1.82) is 0 Å². The number of carbonyl (C=O) groups excluding carboxylic acids is 1. The van der Waals surface area contributed by atoms with Gasteiger partial charge in [0, 0.05) is 28.8 Å². The highest BCUT2D eigenvalue weighted by Crippen LogP contribution is 2.36. The van der Waals surface area contributed by atoms with Gasteiger partial charge in [-0.25, -0.2) is 8.42 Å². The fourth-order valence-corrected chi connectivity index (χ4v) is 4.90. The standard InChI is InChI=1S/C23H18N2O5S/c1-16-7-10-21(11-8-16)31(29,30)24-15-19(23(26)17-5-3-2-4-6-17)13-18-14-20(25(27)28)9-12-22(18)24/h2-14H,15H2,1H3. The molecule has 1 heterocycles. The number of carbonyl (C=O) groups is 1. The summed E-state index contributed by atoms with van der Waals surface area (Å²) in [5.74, 6) is -0.332. The average molecular weight is 434 g/mol. The van der Waals surface area contributed by atoms with E-state index >= 15 is 0 Å². The van der Waals surface area contributed by atoms with E-state index in [-0.39, 0.29) is 34.2 Å². The van der Waals surface area contributed by atoms with Crippen LogP contribution in [0.15, 0.2) is 83.3 Å². The number of nitro groups is 1. The lowest BCUT2D eigenvalue weighted by Gasteiger charge is -2.30. The van der Waals surface area contributed by atoms with E-state index in [2.05, 4.69) is 0 Å². The third-order valence-electron chi connectivity index (χ3n) is 5.07. The summed E-state index contributed by atoms with van der Waals surface area (Å²) >= 11 is 0. The van der Waals surface area contributed by atoms with Crippen molar-refractivity contribution in [3.05, 3.63) is 105 Å². The van der Waals surface area contributed by atoms with Crippen LogP contribution in [0.3, 0.4) is 0 Å². The first-order valence-corrected chi connectivity index (χ1v) is 10.9. The number of fused-ring (bicyclic) bond motifs is 1. The van der Waals surface area contributed by atoms with Crippen LogP contribution < -0.4 is 4.31 Å². The topological polar surface area (TPSA) is 97.6 Å². The quantitative estimate of drug-likeness (QED) is 0.337. The third-order valence-corrected chi connectivity index (χ3v) is 6.84. The van der Waals surface area contributed by atoms with Crippen molar-refractivity contribution in [2.45, 2.75) is 11.8 Å². The SMILES string of the molecule is Cc1ccc(S(=O)(=O)N2CC(C(=O)c3ccccc3)=Cc3cc([N+](=O)[O-])ccc32)cc1. The predicted octanol–water partition coefficient (Wildman–Crippen LogP) is 4.38. The van der Waals surface area contributed by atoms with Crippen molar-refractivity contribution in [3.63, 3.8) is 0 Å². The minimum Gasteiger partial charge on any atom is -0.289 e. The van der Waals surface area contributed by atoms with Crippen LogP contribution in [0.1, 0.15) is 21.5 Å². The molecule has 0 aromatic heterocycles. The van der Waals surface area contributed by atoms with Crippen LogP contribution in [0.5, 0.6) is 0 Å². The summed E-state index contributed by atoms with van der Waals surface area (Å²) < 4.78 is 28.0. The van der Waals surface area contributed by atoms with E-state index < -0.39 is 14.9 Å². The van der Waals surface area contributed by atoms with Crippen molar-refractivity contribution in [2.75, 3.05) is 10.8 Å². The van der Waals surface area contributed by atoms with E-state index in [1.807, 2.05) is 6.92 Å². The van der Waals surface area contributed by atoms with Gasteiger partial charge in [0.05, 0.1) is 22.1 Å². The van der Waals surface area contributed by atoms with Crippen LogP contribution in [0.4, 0.5) is 11.4 Å². The average Bonchev–Trinajstić information content (AvgIpc) is 2.78. The molecule has 0 atom stereocenters. The molecule has 31 heavy (non-hydrogen) atoms. The van der Waals surface area contributed by atoms with E-state index in [1.54, 1.807) is 42.5 Å². The molecule has 0 saturated carbocycles. The van der Waals surface area contributed by atoms with Crippen LogP contribution in [0, 0.1) is 17.0 Å². The molecule has 0 unspecified atom stereocenters. The lowest BCUT2D eigenvalue weighted by molar-refractivity contribution is -0.384. The second-order valence-corrected chi connectivity index (χ2v) is 9.05. The number of nitro benzene ring substituents is 1. The number of non-ortho nitro benzene ring substituents is 1. The first kappa shape index (κ1) is 20.5. The molecule has 0 radical (unpaired) electrons. The molecular formula is C23H18N2O5S. The van der Waals surface area contributed by atoms with Gasteiger partial charge in [0.25, 0.3) is 15.7 Å². The molecule has 7 nitrogen and oxygen atoms in total. The number of hydrogen-bond acceptors (Lipinski definition) is 5. The molecule has 1 aliphatic rings. The number of anilines is 1. The molecular weight excluding hydrogens is 416 g/mol. The van der Waals surface area contributed by atoms with Crippen molar-refractivity contribution in [1.82, 2.24) is 0 Å². The van der Waals surface area contributed by atoms with E-state index in [1.165, 1.54) is 36.4 Å². The number of nitrogens with zero attached hydrogens (tertiary/aromatic N) is 2. The summed E-state index contributed by atoms with van der Waals surface area (Å²) in [6.07, 6.45) is 1.53. The van der Waals surface area contributed by atoms with Crippen molar-refractivity contribution >= 4 is 33.3 Å². The van der Waals surface area contributed by atoms with E-state index in [0.29, 0.717) is 11.1 Å². The fourth-order valence-electron chi connectivity index (χ4n) is 3.44. The molecule has 0 spiro atoms. The molecule has 8 heteroatoms. The van der Waals surface area contributed by atoms with Gasteiger partial charge in [-0.3, -0.25) is 19.2 Å². The Hall–Kier alpha value is -3.78. The zero-order chi connectivity index (χ0) is 22.2. The molecule has 1 aliphatic heterocycles. The van der Waals surface area contributed by atoms with Crippen LogP contribution in [-0.2, 0) is 10.0 Å². The number of Topliss-reactive ketones (excluding diaryl/α,β-unsaturated/α-hetero) is 1. The summed E-state index contributed by atoms with van der Waals surface area (Å²) in [6.45, 7) is 1.68. The smallest absolute Gasteiger partial charge is 0.270 e. The summed E-state index contributed by atoms with van der Waals surface area (Å²) in [7, 11) is -4.00. The predicted molar refractivity (Wildman–Crippen MR) is 118 cm³/mol. The Kier molecular flexibility index (Phi) is 5.16. The fraction of sp³-hybridized carbons (Fsp3) is 0.0870. The van der Waals surface area contributed by atoms with E-state index in [0.717, 1.165) is 9.87 Å². The van der Waals surface area contributed by atoms with Gasteiger partial charge in [-0.2, -0.15) is 0 Å². The normalized spacial score (nSPS) is 13.3. The lowest BCUT2D eigenvalue weighted by atomic mass is 9.97. The first-order valence-electron chi connectivity index (χ1n) is 9.45. The molecule has 0 fully saturated rings. The van der Waals surface area contributed by atoms with Gasteiger partial charge >= 0.3 is 0 Å². The van der Waals surface area contributed by atoms with Gasteiger partial charge in [0.2, 0.25) is 0 Å².